The zero-order chi connectivity index (χ0) is 26.9. The third-order valence-corrected chi connectivity index (χ3v) is 4.73. The monoisotopic (exact) mass is 492 g/mol. The highest BCUT2D eigenvalue weighted by atomic mass is 19.4. The number of allylic oxidation sites excluding steroid dienone is 6. The molecule has 0 radical (unpaired) electrons. The van der Waals surface area contributed by atoms with Gasteiger partial charge < -0.3 is 10.1 Å². The van der Waals surface area contributed by atoms with Crippen LogP contribution in [-0.2, 0) is 16.0 Å². The number of hydrogen-bond donors (Lipinski definition) is 1. The number of aliphatic imine (C=N–C) groups is 1. The van der Waals surface area contributed by atoms with Crippen molar-refractivity contribution < 1.29 is 22.7 Å². The molecular weight excluding hydrogens is 453 g/mol. The van der Waals surface area contributed by atoms with E-state index in [1.54, 1.807) is 26.0 Å². The smallest absolute Gasteiger partial charge is 0.416 e. The lowest BCUT2D eigenvalue weighted by Crippen LogP contribution is -2.31. The fourth-order valence-corrected chi connectivity index (χ4v) is 2.89. The van der Waals surface area contributed by atoms with Crippen LogP contribution in [0.3, 0.4) is 0 Å². The number of ether oxygens (including phenoxy) is 1. The number of nitrogens with zero attached hydrogens (tertiary/aromatic N) is 1. The molecule has 0 fully saturated rings. The van der Waals surface area contributed by atoms with E-state index in [0.29, 0.717) is 17.7 Å². The maximum absolute atomic E-state index is 13.5. The first-order chi connectivity index (χ1) is 16.7. The molecule has 1 amide bonds. The normalized spacial score (nSPS) is 13.7. The predicted molar refractivity (Wildman–Crippen MR) is 139 cm³/mol. The number of amides is 1. The SMILES string of the molecule is CC.C\C=C/C(=C\C(=C\CC)C(F)(F)F)C(N=C(CNC(=O)Cc1ccccc1)OC)=C(C)CC. The largest absolute Gasteiger partial charge is 0.483 e. The van der Waals surface area contributed by atoms with E-state index in [2.05, 4.69) is 10.3 Å². The van der Waals surface area contributed by atoms with Crippen molar-refractivity contribution in [1.29, 1.82) is 0 Å². The van der Waals surface area contributed by atoms with Crippen LogP contribution in [0.1, 0.15) is 59.9 Å². The number of benzene rings is 1. The minimum atomic E-state index is -4.48. The van der Waals surface area contributed by atoms with Crippen LogP contribution in [0.4, 0.5) is 13.2 Å². The highest BCUT2D eigenvalue weighted by molar-refractivity contribution is 5.86. The third kappa shape index (κ3) is 12.3. The van der Waals surface area contributed by atoms with E-state index in [0.717, 1.165) is 23.3 Å². The summed E-state index contributed by atoms with van der Waals surface area (Å²) in [7, 11) is 1.41. The van der Waals surface area contributed by atoms with E-state index in [4.69, 9.17) is 4.74 Å². The maximum atomic E-state index is 13.5. The van der Waals surface area contributed by atoms with Crippen LogP contribution >= 0.6 is 0 Å². The van der Waals surface area contributed by atoms with Crippen molar-refractivity contribution in [3.63, 3.8) is 0 Å². The van der Waals surface area contributed by atoms with Gasteiger partial charge in [0.15, 0.2) is 0 Å². The Kier molecular flexibility index (Phi) is 15.8. The van der Waals surface area contributed by atoms with Gasteiger partial charge in [-0.05, 0) is 43.9 Å². The van der Waals surface area contributed by atoms with Crippen molar-refractivity contribution >= 4 is 11.8 Å². The average molecular weight is 493 g/mol. The summed E-state index contributed by atoms with van der Waals surface area (Å²) in [5, 5.41) is 2.75. The van der Waals surface area contributed by atoms with E-state index in [9.17, 15) is 18.0 Å². The molecule has 0 saturated carbocycles. The standard InChI is InChI=1S/C26H33F3N2O2.C2H6/c1-6-12-21(17-22(13-7-2)26(27,28)29)25(19(4)8-3)31-24(33-5)18-30-23(32)16-20-14-10-9-11-15-20;1-2/h6,9-15,17H,7-8,16,18H2,1-5H3,(H,30,32);1-2H3/b12-6-,21-17+,22-13-,25-19?,31-24?;. The van der Waals surface area contributed by atoms with Gasteiger partial charge in [0.2, 0.25) is 11.8 Å². The fraction of sp³-hybridized carbons (Fsp3) is 0.429. The van der Waals surface area contributed by atoms with Gasteiger partial charge in [-0.3, -0.25) is 4.79 Å². The number of carbonyl (C=O) groups is 1. The Bertz CT molecular complexity index is 925. The van der Waals surface area contributed by atoms with Crippen molar-refractivity contribution in [3.05, 3.63) is 82.6 Å². The lowest BCUT2D eigenvalue weighted by Gasteiger charge is -2.14. The molecule has 1 N–H and O–H groups in total. The third-order valence-electron chi connectivity index (χ3n) is 4.73. The lowest BCUT2D eigenvalue weighted by molar-refractivity contribution is -0.120. The van der Waals surface area contributed by atoms with Crippen LogP contribution in [0.2, 0.25) is 0 Å². The van der Waals surface area contributed by atoms with Crippen LogP contribution in [0, 0.1) is 0 Å². The highest BCUT2D eigenvalue weighted by Crippen LogP contribution is 2.31. The van der Waals surface area contributed by atoms with Crippen molar-refractivity contribution in [2.75, 3.05) is 13.7 Å². The molecule has 0 atom stereocenters. The van der Waals surface area contributed by atoms with Crippen LogP contribution in [0.25, 0.3) is 0 Å². The minimum Gasteiger partial charge on any atom is -0.483 e. The predicted octanol–water partition coefficient (Wildman–Crippen LogP) is 7.50. The van der Waals surface area contributed by atoms with Gasteiger partial charge in [-0.2, -0.15) is 13.2 Å². The van der Waals surface area contributed by atoms with E-state index < -0.39 is 11.7 Å². The molecule has 1 aromatic carbocycles. The molecule has 0 aromatic heterocycles. The summed E-state index contributed by atoms with van der Waals surface area (Å²) in [6.45, 7) is 11.1. The summed E-state index contributed by atoms with van der Waals surface area (Å²) in [5.41, 5.74) is 1.64. The Morgan fingerprint density at radius 3 is 2.26 bits per heavy atom. The lowest BCUT2D eigenvalue weighted by atomic mass is 10.0. The molecule has 0 spiro atoms. The van der Waals surface area contributed by atoms with E-state index in [1.165, 1.54) is 7.11 Å². The fourth-order valence-electron chi connectivity index (χ4n) is 2.89. The molecule has 1 aromatic rings. The summed E-state index contributed by atoms with van der Waals surface area (Å²) >= 11 is 0. The molecule has 0 bridgehead atoms. The second kappa shape index (κ2) is 17.4. The Morgan fingerprint density at radius 1 is 1.14 bits per heavy atom. The molecule has 0 heterocycles. The number of alkyl halides is 3. The molecule has 35 heavy (non-hydrogen) atoms. The van der Waals surface area contributed by atoms with Gasteiger partial charge in [0.1, 0.15) is 0 Å². The van der Waals surface area contributed by atoms with Gasteiger partial charge in [0.05, 0.1) is 31.3 Å². The minimum absolute atomic E-state index is 0.0166. The number of nitrogens with one attached hydrogen (secondary N) is 1. The van der Waals surface area contributed by atoms with Crippen LogP contribution in [0.15, 0.2) is 82.0 Å². The topological polar surface area (TPSA) is 50.7 Å². The van der Waals surface area contributed by atoms with Crippen molar-refractivity contribution in [1.82, 2.24) is 5.32 Å². The van der Waals surface area contributed by atoms with E-state index in [1.807, 2.05) is 58.0 Å². The summed E-state index contributed by atoms with van der Waals surface area (Å²) in [6, 6.07) is 9.29. The first-order valence-corrected chi connectivity index (χ1v) is 11.9. The van der Waals surface area contributed by atoms with Gasteiger partial charge in [-0.25, -0.2) is 4.99 Å². The quantitative estimate of drug-likeness (QED) is 0.209. The average Bonchev–Trinajstić information content (AvgIpc) is 2.84. The van der Waals surface area contributed by atoms with Crippen molar-refractivity contribution in [2.24, 2.45) is 4.99 Å². The zero-order valence-corrected chi connectivity index (χ0v) is 21.9. The summed E-state index contributed by atoms with van der Waals surface area (Å²) < 4.78 is 45.9. The van der Waals surface area contributed by atoms with Crippen LogP contribution in [-0.4, -0.2) is 31.6 Å². The molecule has 0 aliphatic carbocycles. The molecule has 0 aliphatic heterocycles. The molecule has 4 nitrogen and oxygen atoms in total. The first-order valence-electron chi connectivity index (χ1n) is 11.9. The number of rotatable bonds is 10. The van der Waals surface area contributed by atoms with Gasteiger partial charge in [0.25, 0.3) is 0 Å². The van der Waals surface area contributed by atoms with Crippen LogP contribution < -0.4 is 5.32 Å². The second-order valence-corrected chi connectivity index (χ2v) is 7.30. The maximum Gasteiger partial charge on any atom is 0.416 e. The molecule has 0 unspecified atom stereocenters. The van der Waals surface area contributed by atoms with E-state index >= 15 is 0 Å². The number of methoxy groups -OCH3 is 1. The molecule has 1 rings (SSSR count). The summed E-state index contributed by atoms with van der Waals surface area (Å²) in [6.07, 6.45) is 2.06. The Hall–Kier alpha value is -3.09. The number of hydrogen-bond acceptors (Lipinski definition) is 3. The Morgan fingerprint density at radius 2 is 1.77 bits per heavy atom. The first kappa shape index (κ1) is 31.9. The molecule has 7 heteroatoms. The van der Waals surface area contributed by atoms with Crippen molar-refractivity contribution in [2.45, 2.75) is 67.0 Å². The zero-order valence-electron chi connectivity index (χ0n) is 21.9. The van der Waals surface area contributed by atoms with Gasteiger partial charge in [0, 0.05) is 5.57 Å². The van der Waals surface area contributed by atoms with Crippen LogP contribution in [0.5, 0.6) is 0 Å². The summed E-state index contributed by atoms with van der Waals surface area (Å²) in [5.74, 6) is -0.0132. The number of halogens is 3. The van der Waals surface area contributed by atoms with E-state index in [-0.39, 0.29) is 31.2 Å². The molecule has 0 saturated heterocycles. The van der Waals surface area contributed by atoms with Gasteiger partial charge >= 0.3 is 6.18 Å². The van der Waals surface area contributed by atoms with Crippen molar-refractivity contribution in [3.8, 4) is 0 Å². The molecule has 0 aliphatic rings. The summed E-state index contributed by atoms with van der Waals surface area (Å²) in [4.78, 5) is 16.8. The van der Waals surface area contributed by atoms with Gasteiger partial charge in [-0.15, -0.1) is 0 Å². The molecule has 194 valence electrons. The Labute approximate surface area is 208 Å². The van der Waals surface area contributed by atoms with Gasteiger partial charge in [-0.1, -0.05) is 76.3 Å². The molecular formula is C28H39F3N2O2. The Balaban J connectivity index is 0.00000562. The number of carbonyl (C=O) groups excluding carboxylic acids is 1. The highest BCUT2D eigenvalue weighted by Gasteiger charge is 2.32. The second-order valence-electron chi connectivity index (χ2n) is 7.30.